The molecular weight excluding hydrogens is 443 g/mol. The summed E-state index contributed by atoms with van der Waals surface area (Å²) >= 11 is 18.8. The number of anilines is 1. The van der Waals surface area contributed by atoms with E-state index in [1.807, 2.05) is 34.9 Å². The molecule has 1 fully saturated rings. The Bertz CT molecular complexity index is 1240. The van der Waals surface area contributed by atoms with Crippen LogP contribution in [0, 0.1) is 0 Å². The minimum Gasteiger partial charge on any atom is -0.339 e. The van der Waals surface area contributed by atoms with Gasteiger partial charge < -0.3 is 10.6 Å². The molecule has 6 nitrogen and oxygen atoms in total. The summed E-state index contributed by atoms with van der Waals surface area (Å²) in [5.41, 5.74) is 9.25. The Morgan fingerprint density at radius 3 is 2.43 bits per heavy atom. The van der Waals surface area contributed by atoms with Gasteiger partial charge in [-0.3, -0.25) is 4.57 Å². The lowest BCUT2D eigenvalue weighted by Crippen LogP contribution is -2.37. The Morgan fingerprint density at radius 2 is 1.73 bits per heavy atom. The second kappa shape index (κ2) is 7.71. The van der Waals surface area contributed by atoms with Crippen molar-refractivity contribution >= 4 is 51.8 Å². The Morgan fingerprint density at radius 1 is 0.967 bits per heavy atom. The minimum absolute atomic E-state index is 0.0913. The van der Waals surface area contributed by atoms with Gasteiger partial charge in [0.1, 0.15) is 12.2 Å². The molecule has 3 heterocycles. The van der Waals surface area contributed by atoms with E-state index in [4.69, 9.17) is 45.5 Å². The van der Waals surface area contributed by atoms with Crippen LogP contribution in [0.5, 0.6) is 0 Å². The van der Waals surface area contributed by atoms with Crippen molar-refractivity contribution in [2.75, 3.05) is 11.4 Å². The van der Waals surface area contributed by atoms with Crippen LogP contribution in [0.25, 0.3) is 28.2 Å². The van der Waals surface area contributed by atoms with Crippen molar-refractivity contribution in [1.82, 2.24) is 19.5 Å². The predicted molar refractivity (Wildman–Crippen MR) is 122 cm³/mol. The van der Waals surface area contributed by atoms with E-state index in [9.17, 15) is 0 Å². The lowest BCUT2D eigenvalue weighted by molar-refractivity contribution is 0.695. The number of benzene rings is 2. The molecule has 1 unspecified atom stereocenters. The Balaban J connectivity index is 1.81. The summed E-state index contributed by atoms with van der Waals surface area (Å²) in [4.78, 5) is 16.1. The Hall–Kier alpha value is -2.38. The third-order valence-electron chi connectivity index (χ3n) is 5.25. The summed E-state index contributed by atoms with van der Waals surface area (Å²) in [5, 5.41) is 1.70. The fourth-order valence-corrected chi connectivity index (χ4v) is 4.45. The lowest BCUT2D eigenvalue weighted by Gasteiger charge is -2.22. The highest BCUT2D eigenvalue weighted by molar-refractivity contribution is 6.36. The zero-order chi connectivity index (χ0) is 20.8. The molecule has 9 heteroatoms. The van der Waals surface area contributed by atoms with E-state index in [0.29, 0.717) is 32.1 Å². The van der Waals surface area contributed by atoms with Gasteiger partial charge in [-0.05, 0) is 55.3 Å². The van der Waals surface area contributed by atoms with Crippen LogP contribution in [0.1, 0.15) is 12.8 Å². The van der Waals surface area contributed by atoms with Gasteiger partial charge >= 0.3 is 0 Å². The normalized spacial score (nSPS) is 16.5. The molecule has 30 heavy (non-hydrogen) atoms. The summed E-state index contributed by atoms with van der Waals surface area (Å²) < 4.78 is 1.95. The summed E-state index contributed by atoms with van der Waals surface area (Å²) in [7, 11) is 0. The summed E-state index contributed by atoms with van der Waals surface area (Å²) in [6.45, 7) is 0.831. The monoisotopic (exact) mass is 458 g/mol. The molecule has 0 bridgehead atoms. The summed E-state index contributed by atoms with van der Waals surface area (Å²) in [6, 6.07) is 12.8. The first kappa shape index (κ1) is 19.6. The third kappa shape index (κ3) is 3.30. The molecular formula is C21H17Cl3N6. The molecule has 1 aliphatic rings. The molecule has 152 valence electrons. The van der Waals surface area contributed by atoms with Gasteiger partial charge in [-0.15, -0.1) is 0 Å². The second-order valence-corrected chi connectivity index (χ2v) is 8.42. The molecule has 2 aromatic heterocycles. The van der Waals surface area contributed by atoms with Gasteiger partial charge in [0.2, 0.25) is 0 Å². The SMILES string of the molecule is NC1CCCN1c1ncnc2c1nc(-c1ccc(Cl)cc1Cl)n2-c1ccc(Cl)cc1. The number of imidazole rings is 1. The van der Waals surface area contributed by atoms with Gasteiger partial charge in [-0.2, -0.15) is 0 Å². The van der Waals surface area contributed by atoms with Gasteiger partial charge in [0.05, 0.1) is 11.2 Å². The van der Waals surface area contributed by atoms with Crippen LogP contribution in [0.3, 0.4) is 0 Å². The van der Waals surface area contributed by atoms with E-state index >= 15 is 0 Å². The van der Waals surface area contributed by atoms with Crippen LogP contribution in [0.15, 0.2) is 48.8 Å². The van der Waals surface area contributed by atoms with E-state index in [-0.39, 0.29) is 6.17 Å². The standard InChI is InChI=1S/C21H17Cl3N6/c22-12-3-6-14(7-4-12)30-19(15-8-5-13(23)10-16(15)24)28-18-20(26-11-27-21(18)30)29-9-1-2-17(29)25/h3-8,10-11,17H,1-2,9,25H2. The molecule has 4 aromatic rings. The van der Waals surface area contributed by atoms with Crippen molar-refractivity contribution < 1.29 is 0 Å². The van der Waals surface area contributed by atoms with Gasteiger partial charge in [-0.25, -0.2) is 15.0 Å². The quantitative estimate of drug-likeness (QED) is 0.448. The highest BCUT2D eigenvalue weighted by Gasteiger charge is 2.27. The number of fused-ring (bicyclic) bond motifs is 1. The maximum atomic E-state index is 6.54. The molecule has 1 atom stereocenters. The highest BCUT2D eigenvalue weighted by atomic mass is 35.5. The Kier molecular flexibility index (Phi) is 5.03. The number of hydrogen-bond donors (Lipinski definition) is 1. The van der Waals surface area contributed by atoms with E-state index in [1.54, 1.807) is 18.5 Å². The van der Waals surface area contributed by atoms with Crippen molar-refractivity contribution in [3.63, 3.8) is 0 Å². The molecule has 0 aliphatic carbocycles. The van der Waals surface area contributed by atoms with Crippen molar-refractivity contribution in [3.8, 4) is 17.1 Å². The number of rotatable bonds is 3. The number of nitrogens with two attached hydrogens (primary N) is 1. The maximum absolute atomic E-state index is 6.54. The summed E-state index contributed by atoms with van der Waals surface area (Å²) in [6.07, 6.45) is 3.38. The smallest absolute Gasteiger partial charge is 0.170 e. The maximum Gasteiger partial charge on any atom is 0.170 e. The van der Waals surface area contributed by atoms with E-state index in [2.05, 4.69) is 14.9 Å². The number of hydrogen-bond acceptors (Lipinski definition) is 5. The molecule has 1 aliphatic heterocycles. The fraction of sp³-hybridized carbons (Fsp3) is 0.190. The van der Waals surface area contributed by atoms with Gasteiger partial charge in [-0.1, -0.05) is 34.8 Å². The second-order valence-electron chi connectivity index (χ2n) is 7.14. The van der Waals surface area contributed by atoms with Crippen LogP contribution < -0.4 is 10.6 Å². The average Bonchev–Trinajstić information content (AvgIpc) is 3.32. The van der Waals surface area contributed by atoms with Crippen molar-refractivity contribution in [1.29, 1.82) is 0 Å². The van der Waals surface area contributed by atoms with Crippen LogP contribution in [0.4, 0.5) is 5.82 Å². The van der Waals surface area contributed by atoms with Gasteiger partial charge in [0, 0.05) is 27.8 Å². The largest absolute Gasteiger partial charge is 0.339 e. The number of aromatic nitrogens is 4. The molecule has 2 aromatic carbocycles. The molecule has 1 saturated heterocycles. The van der Waals surface area contributed by atoms with Gasteiger partial charge in [0.25, 0.3) is 0 Å². The molecule has 0 spiro atoms. The first-order valence-corrected chi connectivity index (χ1v) is 10.6. The van der Waals surface area contributed by atoms with Gasteiger partial charge in [0.15, 0.2) is 17.0 Å². The number of nitrogens with zero attached hydrogens (tertiary/aromatic N) is 5. The van der Waals surface area contributed by atoms with E-state index < -0.39 is 0 Å². The number of halogens is 3. The molecule has 0 radical (unpaired) electrons. The average molecular weight is 460 g/mol. The molecule has 5 rings (SSSR count). The zero-order valence-electron chi connectivity index (χ0n) is 15.8. The summed E-state index contributed by atoms with van der Waals surface area (Å²) in [5.74, 6) is 1.37. The highest BCUT2D eigenvalue weighted by Crippen LogP contribution is 2.36. The first-order chi connectivity index (χ1) is 14.5. The molecule has 2 N–H and O–H groups in total. The van der Waals surface area contributed by atoms with Crippen LogP contribution in [0.2, 0.25) is 15.1 Å². The van der Waals surface area contributed by atoms with Crippen molar-refractivity contribution in [2.45, 2.75) is 19.0 Å². The van der Waals surface area contributed by atoms with Crippen LogP contribution >= 0.6 is 34.8 Å². The lowest BCUT2D eigenvalue weighted by atomic mass is 10.2. The first-order valence-electron chi connectivity index (χ1n) is 9.50. The predicted octanol–water partition coefficient (Wildman–Crippen LogP) is 5.33. The van der Waals surface area contributed by atoms with E-state index in [0.717, 1.165) is 36.5 Å². The fourth-order valence-electron chi connectivity index (χ4n) is 3.83. The third-order valence-corrected chi connectivity index (χ3v) is 6.05. The van der Waals surface area contributed by atoms with Crippen molar-refractivity contribution in [2.24, 2.45) is 5.73 Å². The minimum atomic E-state index is -0.0913. The van der Waals surface area contributed by atoms with Crippen LogP contribution in [-0.4, -0.2) is 32.2 Å². The Labute approximate surface area is 188 Å². The van der Waals surface area contributed by atoms with Crippen LogP contribution in [-0.2, 0) is 0 Å². The topological polar surface area (TPSA) is 72.9 Å². The molecule has 0 amide bonds. The van der Waals surface area contributed by atoms with Crippen molar-refractivity contribution in [3.05, 3.63) is 63.9 Å². The zero-order valence-corrected chi connectivity index (χ0v) is 18.0. The molecule has 0 saturated carbocycles. The van der Waals surface area contributed by atoms with E-state index in [1.165, 1.54) is 0 Å².